The predicted molar refractivity (Wildman–Crippen MR) is 116 cm³/mol. The summed E-state index contributed by atoms with van der Waals surface area (Å²) in [6, 6.07) is 12.8. The van der Waals surface area contributed by atoms with Gasteiger partial charge in [-0.25, -0.2) is 0 Å². The molecular weight excluding hydrogens is 404 g/mol. The van der Waals surface area contributed by atoms with Crippen molar-refractivity contribution in [3.63, 3.8) is 0 Å². The average Bonchev–Trinajstić information content (AvgIpc) is 2.99. The van der Waals surface area contributed by atoms with Gasteiger partial charge in [0.1, 0.15) is 11.5 Å². The lowest BCUT2D eigenvalue weighted by Crippen LogP contribution is -2.40. The summed E-state index contributed by atoms with van der Waals surface area (Å²) in [6.07, 6.45) is 0.724. The van der Waals surface area contributed by atoms with E-state index in [2.05, 4.69) is 0 Å². The van der Waals surface area contributed by atoms with Crippen molar-refractivity contribution in [3.05, 3.63) is 58.6 Å². The van der Waals surface area contributed by atoms with Gasteiger partial charge in [-0.3, -0.25) is 9.59 Å². The molecule has 2 amide bonds. The third-order valence-corrected chi connectivity index (χ3v) is 5.31. The standard InChI is InChI=1S/C23H27ClN2O4/c1-17-4-9-21(18(2)14-17)30-16-23(28)26-11-3-10-25(12-13-26)22(27)15-29-20-7-5-19(24)6-8-20/h4-9,14H,3,10-13,15-16H2,1-2H3. The highest BCUT2D eigenvalue weighted by Gasteiger charge is 2.22. The highest BCUT2D eigenvalue weighted by Crippen LogP contribution is 2.19. The molecule has 0 aliphatic carbocycles. The first-order chi connectivity index (χ1) is 14.4. The second-order valence-corrected chi connectivity index (χ2v) is 7.85. The van der Waals surface area contributed by atoms with Crippen LogP contribution >= 0.6 is 11.6 Å². The third kappa shape index (κ3) is 6.13. The molecule has 1 aliphatic rings. The van der Waals surface area contributed by atoms with Crippen LogP contribution < -0.4 is 9.47 Å². The molecule has 0 radical (unpaired) electrons. The van der Waals surface area contributed by atoms with Crippen LogP contribution in [0.2, 0.25) is 5.02 Å². The molecule has 0 saturated carbocycles. The predicted octanol–water partition coefficient (Wildman–Crippen LogP) is 3.48. The van der Waals surface area contributed by atoms with Crippen LogP contribution in [0.4, 0.5) is 0 Å². The van der Waals surface area contributed by atoms with Crippen LogP contribution in [0.3, 0.4) is 0 Å². The Labute approximate surface area is 182 Å². The van der Waals surface area contributed by atoms with Crippen LogP contribution in [0.1, 0.15) is 17.5 Å². The molecule has 1 saturated heterocycles. The van der Waals surface area contributed by atoms with Gasteiger partial charge in [-0.05, 0) is 56.2 Å². The van der Waals surface area contributed by atoms with Crippen LogP contribution in [0, 0.1) is 13.8 Å². The van der Waals surface area contributed by atoms with E-state index in [4.69, 9.17) is 21.1 Å². The summed E-state index contributed by atoms with van der Waals surface area (Å²) in [5.41, 5.74) is 2.17. The minimum absolute atomic E-state index is 0.00246. The third-order valence-electron chi connectivity index (χ3n) is 5.06. The Kier molecular flexibility index (Phi) is 7.57. The second-order valence-electron chi connectivity index (χ2n) is 7.42. The van der Waals surface area contributed by atoms with E-state index < -0.39 is 0 Å². The quantitative estimate of drug-likeness (QED) is 0.704. The van der Waals surface area contributed by atoms with E-state index in [9.17, 15) is 9.59 Å². The highest BCUT2D eigenvalue weighted by atomic mass is 35.5. The lowest BCUT2D eigenvalue weighted by Gasteiger charge is -2.22. The van der Waals surface area contributed by atoms with Gasteiger partial charge in [-0.15, -0.1) is 0 Å². The molecule has 0 spiro atoms. The van der Waals surface area contributed by atoms with Gasteiger partial charge in [0, 0.05) is 31.2 Å². The zero-order valence-corrected chi connectivity index (χ0v) is 18.2. The lowest BCUT2D eigenvalue weighted by atomic mass is 10.1. The number of hydrogen-bond acceptors (Lipinski definition) is 4. The van der Waals surface area contributed by atoms with Gasteiger partial charge >= 0.3 is 0 Å². The summed E-state index contributed by atoms with van der Waals surface area (Å²) in [7, 11) is 0. The van der Waals surface area contributed by atoms with Gasteiger partial charge in [0.05, 0.1) is 0 Å². The molecule has 0 aromatic heterocycles. The molecule has 2 aromatic carbocycles. The van der Waals surface area contributed by atoms with Gasteiger partial charge in [-0.1, -0.05) is 29.3 Å². The van der Waals surface area contributed by atoms with Gasteiger partial charge in [0.25, 0.3) is 11.8 Å². The SMILES string of the molecule is Cc1ccc(OCC(=O)N2CCCN(C(=O)COc3ccc(Cl)cc3)CC2)c(C)c1. The van der Waals surface area contributed by atoms with Gasteiger partial charge in [0.15, 0.2) is 13.2 Å². The maximum absolute atomic E-state index is 12.6. The van der Waals surface area contributed by atoms with Crippen molar-refractivity contribution in [2.24, 2.45) is 0 Å². The smallest absolute Gasteiger partial charge is 0.260 e. The molecular formula is C23H27ClN2O4. The minimum atomic E-state index is -0.0919. The summed E-state index contributed by atoms with van der Waals surface area (Å²) in [5.74, 6) is 1.16. The van der Waals surface area contributed by atoms with E-state index >= 15 is 0 Å². The molecule has 160 valence electrons. The summed E-state index contributed by atoms with van der Waals surface area (Å²) in [4.78, 5) is 28.6. The number of benzene rings is 2. The molecule has 0 atom stereocenters. The average molecular weight is 431 g/mol. The Balaban J connectivity index is 1.45. The van der Waals surface area contributed by atoms with Crippen LogP contribution in [0.5, 0.6) is 11.5 Å². The Bertz CT molecular complexity index is 885. The Morgan fingerprint density at radius 3 is 2.07 bits per heavy atom. The second kappa shape index (κ2) is 10.3. The Morgan fingerprint density at radius 2 is 1.47 bits per heavy atom. The van der Waals surface area contributed by atoms with Gasteiger partial charge < -0.3 is 19.3 Å². The lowest BCUT2D eigenvalue weighted by molar-refractivity contribution is -0.135. The zero-order chi connectivity index (χ0) is 21.5. The highest BCUT2D eigenvalue weighted by molar-refractivity contribution is 6.30. The molecule has 0 unspecified atom stereocenters. The monoisotopic (exact) mass is 430 g/mol. The largest absolute Gasteiger partial charge is 0.484 e. The molecule has 7 heteroatoms. The van der Waals surface area contributed by atoms with Crippen LogP contribution in [-0.2, 0) is 9.59 Å². The number of carbonyl (C=O) groups is 2. The van der Waals surface area contributed by atoms with E-state index in [0.717, 1.165) is 23.3 Å². The van der Waals surface area contributed by atoms with Crippen molar-refractivity contribution in [1.29, 1.82) is 0 Å². The number of amides is 2. The van der Waals surface area contributed by atoms with Gasteiger partial charge in [-0.2, -0.15) is 0 Å². The molecule has 0 bridgehead atoms. The van der Waals surface area contributed by atoms with Crippen molar-refractivity contribution >= 4 is 23.4 Å². The fourth-order valence-electron chi connectivity index (χ4n) is 3.38. The summed E-state index contributed by atoms with van der Waals surface area (Å²) >= 11 is 5.85. The van der Waals surface area contributed by atoms with Crippen molar-refractivity contribution in [3.8, 4) is 11.5 Å². The van der Waals surface area contributed by atoms with Crippen LogP contribution in [0.25, 0.3) is 0 Å². The number of aryl methyl sites for hydroxylation is 2. The number of rotatable bonds is 6. The molecule has 1 aliphatic heterocycles. The molecule has 2 aromatic rings. The number of nitrogens with zero attached hydrogens (tertiary/aromatic N) is 2. The number of carbonyl (C=O) groups excluding carboxylic acids is 2. The zero-order valence-electron chi connectivity index (χ0n) is 17.4. The Morgan fingerprint density at radius 1 is 0.867 bits per heavy atom. The van der Waals surface area contributed by atoms with Crippen molar-refractivity contribution in [1.82, 2.24) is 9.80 Å². The maximum atomic E-state index is 12.6. The van der Waals surface area contributed by atoms with Crippen molar-refractivity contribution in [2.45, 2.75) is 20.3 Å². The van der Waals surface area contributed by atoms with Gasteiger partial charge in [0.2, 0.25) is 0 Å². The van der Waals surface area contributed by atoms with Crippen LogP contribution in [-0.4, -0.2) is 61.0 Å². The van der Waals surface area contributed by atoms with E-state index in [0.29, 0.717) is 37.0 Å². The minimum Gasteiger partial charge on any atom is -0.484 e. The number of ether oxygens (including phenoxy) is 2. The molecule has 1 heterocycles. The summed E-state index contributed by atoms with van der Waals surface area (Å²) < 4.78 is 11.3. The summed E-state index contributed by atoms with van der Waals surface area (Å²) in [5, 5.41) is 0.618. The van der Waals surface area contributed by atoms with E-state index in [1.165, 1.54) is 0 Å². The first kappa shape index (κ1) is 22.0. The van der Waals surface area contributed by atoms with Crippen molar-refractivity contribution in [2.75, 3.05) is 39.4 Å². The van der Waals surface area contributed by atoms with E-state index in [-0.39, 0.29) is 25.0 Å². The fraction of sp³-hybridized carbons (Fsp3) is 0.391. The van der Waals surface area contributed by atoms with E-state index in [1.807, 2.05) is 32.0 Å². The summed E-state index contributed by atoms with van der Waals surface area (Å²) in [6.45, 7) is 6.13. The number of hydrogen-bond donors (Lipinski definition) is 0. The first-order valence-electron chi connectivity index (χ1n) is 10.1. The maximum Gasteiger partial charge on any atom is 0.260 e. The molecule has 1 fully saturated rings. The first-order valence-corrected chi connectivity index (χ1v) is 10.4. The molecule has 6 nitrogen and oxygen atoms in total. The topological polar surface area (TPSA) is 59.1 Å². The Hall–Kier alpha value is -2.73. The fourth-order valence-corrected chi connectivity index (χ4v) is 3.50. The normalized spacial score (nSPS) is 14.2. The molecule has 3 rings (SSSR count). The van der Waals surface area contributed by atoms with Crippen molar-refractivity contribution < 1.29 is 19.1 Å². The van der Waals surface area contributed by atoms with Crippen LogP contribution in [0.15, 0.2) is 42.5 Å². The number of halogens is 1. The molecule has 30 heavy (non-hydrogen) atoms. The van der Waals surface area contributed by atoms with E-state index in [1.54, 1.807) is 34.1 Å². The molecule has 0 N–H and O–H groups in total.